The Kier molecular flexibility index (Phi) is 4.36. The molecule has 0 aliphatic heterocycles. The number of hydrogen-bond acceptors (Lipinski definition) is 4. The van der Waals surface area contributed by atoms with E-state index in [0.29, 0.717) is 12.6 Å². The minimum atomic E-state index is 0.225. The summed E-state index contributed by atoms with van der Waals surface area (Å²) in [5, 5.41) is 0. The van der Waals surface area contributed by atoms with Crippen molar-refractivity contribution in [3.05, 3.63) is 23.8 Å². The normalized spacial score (nSPS) is 19.6. The summed E-state index contributed by atoms with van der Waals surface area (Å²) in [7, 11) is 3.39. The van der Waals surface area contributed by atoms with Gasteiger partial charge in [-0.15, -0.1) is 0 Å². The van der Waals surface area contributed by atoms with Crippen molar-refractivity contribution < 1.29 is 9.47 Å². The predicted octanol–water partition coefficient (Wildman–Crippen LogP) is 2.58. The second kappa shape index (κ2) is 6.24. The van der Waals surface area contributed by atoms with Crippen molar-refractivity contribution in [1.29, 1.82) is 0 Å². The molecule has 0 bridgehead atoms. The van der Waals surface area contributed by atoms with Crippen LogP contribution in [0.2, 0.25) is 0 Å². The summed E-state index contributed by atoms with van der Waals surface area (Å²) in [6.45, 7) is 1.79. The molecule has 1 aromatic carbocycles. The molecule has 4 heteroatoms. The molecule has 2 fully saturated rings. The van der Waals surface area contributed by atoms with E-state index in [2.05, 4.69) is 11.0 Å². The number of nitrogens with two attached hydrogens (primary N) is 1. The molecule has 0 heterocycles. The van der Waals surface area contributed by atoms with Crippen LogP contribution in [0.5, 0.6) is 11.5 Å². The molecule has 2 aliphatic rings. The van der Waals surface area contributed by atoms with Crippen molar-refractivity contribution in [3.63, 3.8) is 0 Å². The maximum atomic E-state index is 6.14. The van der Waals surface area contributed by atoms with E-state index in [1.165, 1.54) is 32.2 Å². The molecule has 2 aliphatic carbocycles. The quantitative estimate of drug-likeness (QED) is 0.799. The van der Waals surface area contributed by atoms with Crippen LogP contribution in [0.4, 0.5) is 0 Å². The van der Waals surface area contributed by atoms with Crippen LogP contribution in [-0.4, -0.2) is 38.3 Å². The van der Waals surface area contributed by atoms with E-state index in [1.54, 1.807) is 14.2 Å². The van der Waals surface area contributed by atoms with Crippen LogP contribution in [0.1, 0.15) is 37.3 Å². The number of methoxy groups -OCH3 is 2. The van der Waals surface area contributed by atoms with Crippen LogP contribution in [0, 0.1) is 5.92 Å². The first-order chi connectivity index (χ1) is 10.3. The summed E-state index contributed by atoms with van der Waals surface area (Å²) in [6.07, 6.45) is 5.34. The fourth-order valence-corrected chi connectivity index (χ4v) is 3.15. The van der Waals surface area contributed by atoms with E-state index in [0.717, 1.165) is 23.0 Å². The molecule has 0 saturated heterocycles. The second-order valence-corrected chi connectivity index (χ2v) is 6.21. The number of rotatable bonds is 8. The Morgan fingerprint density at radius 2 is 1.95 bits per heavy atom. The Hall–Kier alpha value is -1.26. The lowest BCUT2D eigenvalue weighted by atomic mass is 10.0. The van der Waals surface area contributed by atoms with Gasteiger partial charge in [-0.05, 0) is 37.7 Å². The van der Waals surface area contributed by atoms with Gasteiger partial charge in [0.05, 0.1) is 20.3 Å². The van der Waals surface area contributed by atoms with Crippen molar-refractivity contribution in [2.75, 3.05) is 27.3 Å². The van der Waals surface area contributed by atoms with E-state index in [-0.39, 0.29) is 6.04 Å². The van der Waals surface area contributed by atoms with Gasteiger partial charge in [0, 0.05) is 24.7 Å². The van der Waals surface area contributed by atoms with Gasteiger partial charge in [0.25, 0.3) is 0 Å². The fraction of sp³-hybridized carbons (Fsp3) is 0.647. The molecule has 0 aromatic heterocycles. The van der Waals surface area contributed by atoms with Gasteiger partial charge in [-0.1, -0.05) is 12.1 Å². The Labute approximate surface area is 127 Å². The van der Waals surface area contributed by atoms with Crippen molar-refractivity contribution in [1.82, 2.24) is 4.90 Å². The van der Waals surface area contributed by atoms with Gasteiger partial charge in [-0.3, -0.25) is 4.90 Å². The molecule has 3 rings (SSSR count). The highest BCUT2D eigenvalue weighted by molar-refractivity contribution is 5.48. The van der Waals surface area contributed by atoms with Crippen LogP contribution in [0.15, 0.2) is 18.2 Å². The number of hydrogen-bond donors (Lipinski definition) is 1. The topological polar surface area (TPSA) is 47.7 Å². The number of nitrogens with zero attached hydrogens (tertiary/aromatic N) is 1. The molecule has 0 radical (unpaired) electrons. The molecular formula is C17H26N2O2. The van der Waals surface area contributed by atoms with Crippen LogP contribution < -0.4 is 15.2 Å². The summed E-state index contributed by atoms with van der Waals surface area (Å²) in [5.41, 5.74) is 7.30. The minimum absolute atomic E-state index is 0.225. The number of para-hydroxylation sites is 1. The summed E-state index contributed by atoms with van der Waals surface area (Å²) in [4.78, 5) is 2.61. The van der Waals surface area contributed by atoms with E-state index in [4.69, 9.17) is 15.2 Å². The first-order valence-electron chi connectivity index (χ1n) is 7.95. The molecule has 4 nitrogen and oxygen atoms in total. The highest BCUT2D eigenvalue weighted by Crippen LogP contribution is 2.43. The van der Waals surface area contributed by atoms with E-state index in [1.807, 2.05) is 12.1 Å². The summed E-state index contributed by atoms with van der Waals surface area (Å²) in [6, 6.07) is 7.03. The summed E-state index contributed by atoms with van der Waals surface area (Å²) >= 11 is 0. The Morgan fingerprint density at radius 3 is 2.48 bits per heavy atom. The van der Waals surface area contributed by atoms with Crippen molar-refractivity contribution >= 4 is 0 Å². The molecular weight excluding hydrogens is 264 g/mol. The Bertz CT molecular complexity index is 484. The minimum Gasteiger partial charge on any atom is -0.493 e. The van der Waals surface area contributed by atoms with Gasteiger partial charge in [0.2, 0.25) is 0 Å². The molecule has 0 spiro atoms. The second-order valence-electron chi connectivity index (χ2n) is 6.21. The Balaban J connectivity index is 1.90. The highest BCUT2D eigenvalue weighted by Gasteiger charge is 2.38. The molecule has 2 N–H and O–H groups in total. The van der Waals surface area contributed by atoms with Gasteiger partial charge in [-0.2, -0.15) is 0 Å². The van der Waals surface area contributed by atoms with Crippen LogP contribution in [0.25, 0.3) is 0 Å². The molecule has 1 unspecified atom stereocenters. The first-order valence-corrected chi connectivity index (χ1v) is 7.95. The molecule has 0 amide bonds. The maximum absolute atomic E-state index is 6.14. The third kappa shape index (κ3) is 3.16. The zero-order chi connectivity index (χ0) is 14.8. The van der Waals surface area contributed by atoms with E-state index >= 15 is 0 Å². The maximum Gasteiger partial charge on any atom is 0.165 e. The van der Waals surface area contributed by atoms with Crippen molar-refractivity contribution in [2.24, 2.45) is 11.7 Å². The zero-order valence-electron chi connectivity index (χ0n) is 13.0. The standard InChI is InChI=1S/C17H26N2O2/c1-20-16-5-3-4-14(17(16)21-2)15(10-18)19(13-8-9-13)11-12-6-7-12/h3-5,12-13,15H,6-11,18H2,1-2H3. The zero-order valence-corrected chi connectivity index (χ0v) is 13.0. The lowest BCUT2D eigenvalue weighted by Gasteiger charge is -2.32. The average molecular weight is 290 g/mol. The number of ether oxygens (including phenoxy) is 2. The molecule has 116 valence electrons. The van der Waals surface area contributed by atoms with Gasteiger partial charge >= 0.3 is 0 Å². The van der Waals surface area contributed by atoms with Crippen LogP contribution >= 0.6 is 0 Å². The van der Waals surface area contributed by atoms with Crippen molar-refractivity contribution in [3.8, 4) is 11.5 Å². The predicted molar refractivity (Wildman–Crippen MR) is 83.8 cm³/mol. The van der Waals surface area contributed by atoms with Gasteiger partial charge in [-0.25, -0.2) is 0 Å². The SMILES string of the molecule is COc1cccc(C(CN)N(CC2CC2)C2CC2)c1OC. The van der Waals surface area contributed by atoms with E-state index < -0.39 is 0 Å². The molecule has 21 heavy (non-hydrogen) atoms. The highest BCUT2D eigenvalue weighted by atomic mass is 16.5. The lowest BCUT2D eigenvalue weighted by Crippen LogP contribution is -2.37. The fourth-order valence-electron chi connectivity index (χ4n) is 3.15. The average Bonchev–Trinajstić information content (AvgIpc) is 3.39. The largest absolute Gasteiger partial charge is 0.493 e. The van der Waals surface area contributed by atoms with Gasteiger partial charge < -0.3 is 15.2 Å². The van der Waals surface area contributed by atoms with Gasteiger partial charge in [0.1, 0.15) is 0 Å². The van der Waals surface area contributed by atoms with Crippen LogP contribution in [-0.2, 0) is 0 Å². The third-order valence-electron chi connectivity index (χ3n) is 4.60. The molecule has 1 aromatic rings. The Morgan fingerprint density at radius 1 is 1.19 bits per heavy atom. The van der Waals surface area contributed by atoms with Crippen LogP contribution in [0.3, 0.4) is 0 Å². The smallest absolute Gasteiger partial charge is 0.165 e. The van der Waals surface area contributed by atoms with Gasteiger partial charge in [0.15, 0.2) is 11.5 Å². The molecule has 1 atom stereocenters. The van der Waals surface area contributed by atoms with E-state index in [9.17, 15) is 0 Å². The summed E-state index contributed by atoms with van der Waals surface area (Å²) in [5.74, 6) is 2.49. The monoisotopic (exact) mass is 290 g/mol. The number of benzene rings is 1. The lowest BCUT2D eigenvalue weighted by molar-refractivity contribution is 0.179. The van der Waals surface area contributed by atoms with Crippen molar-refractivity contribution in [2.45, 2.75) is 37.8 Å². The molecule has 2 saturated carbocycles. The summed E-state index contributed by atoms with van der Waals surface area (Å²) < 4.78 is 11.1. The third-order valence-corrected chi connectivity index (χ3v) is 4.60. The first kappa shape index (κ1) is 14.7.